The summed E-state index contributed by atoms with van der Waals surface area (Å²) in [5.74, 6) is -1.48. The summed E-state index contributed by atoms with van der Waals surface area (Å²) in [4.78, 5) is 53.2. The van der Waals surface area contributed by atoms with Crippen LogP contribution in [0.2, 0.25) is 0 Å². The molecule has 0 bridgehead atoms. The average molecular weight is 455 g/mol. The summed E-state index contributed by atoms with van der Waals surface area (Å²) in [6.07, 6.45) is 2.31. The van der Waals surface area contributed by atoms with Gasteiger partial charge in [0.25, 0.3) is 11.8 Å². The third-order valence-electron chi connectivity index (χ3n) is 6.05. The minimum absolute atomic E-state index is 0.0963. The van der Waals surface area contributed by atoms with Crippen LogP contribution in [0.4, 0.5) is 4.79 Å². The fourth-order valence-corrected chi connectivity index (χ4v) is 4.82. The molecule has 168 valence electrons. The number of hydrazine groups is 1. The van der Waals surface area contributed by atoms with Crippen LogP contribution < -0.4 is 10.7 Å². The van der Waals surface area contributed by atoms with E-state index in [1.807, 2.05) is 41.8 Å². The van der Waals surface area contributed by atoms with E-state index in [0.29, 0.717) is 37.1 Å². The van der Waals surface area contributed by atoms with E-state index < -0.39 is 29.3 Å². The van der Waals surface area contributed by atoms with Gasteiger partial charge in [0.1, 0.15) is 5.54 Å². The maximum Gasteiger partial charge on any atom is 0.344 e. The van der Waals surface area contributed by atoms with Crippen LogP contribution >= 0.6 is 11.3 Å². The van der Waals surface area contributed by atoms with E-state index in [1.165, 1.54) is 11.3 Å². The van der Waals surface area contributed by atoms with Crippen molar-refractivity contribution in [2.75, 3.05) is 13.1 Å². The topological polar surface area (TPSA) is 98.8 Å². The molecule has 2 unspecified atom stereocenters. The fraction of sp³-hybridized carbons (Fsp3) is 0.391. The molecule has 0 aliphatic carbocycles. The number of carbonyl (C=O) groups is 4. The SMILES string of the molecule is CC1(CCc2ccccc2)NC(=O)N(NC(=O)C2CCCN(C(=O)c3cccs3)C2)C1=O. The van der Waals surface area contributed by atoms with Crippen LogP contribution in [0.15, 0.2) is 47.8 Å². The number of carbonyl (C=O) groups excluding carboxylic acids is 4. The van der Waals surface area contributed by atoms with Gasteiger partial charge >= 0.3 is 6.03 Å². The normalized spacial score (nSPS) is 23.2. The standard InChI is InChI=1S/C23H26N4O4S/c1-23(12-11-16-7-3-2-4-8-16)21(30)27(22(31)24-23)25-19(28)17-9-5-13-26(15-17)20(29)18-10-6-14-32-18/h2-4,6-8,10,14,17H,5,9,11-13,15H2,1H3,(H,24,31)(H,25,28). The van der Waals surface area contributed by atoms with Crippen LogP contribution in [-0.2, 0) is 16.0 Å². The molecule has 1 aromatic heterocycles. The Labute approximate surface area is 190 Å². The predicted molar refractivity (Wildman–Crippen MR) is 120 cm³/mol. The first kappa shape index (κ1) is 22.0. The molecule has 0 radical (unpaired) electrons. The number of nitrogens with zero attached hydrogens (tertiary/aromatic N) is 2. The van der Waals surface area contributed by atoms with Crippen molar-refractivity contribution < 1.29 is 19.2 Å². The summed E-state index contributed by atoms with van der Waals surface area (Å²) in [7, 11) is 0. The van der Waals surface area contributed by atoms with Gasteiger partial charge in [0.05, 0.1) is 10.8 Å². The highest BCUT2D eigenvalue weighted by Gasteiger charge is 2.48. The number of aryl methyl sites for hydroxylation is 1. The van der Waals surface area contributed by atoms with Crippen molar-refractivity contribution in [3.63, 3.8) is 0 Å². The molecule has 2 N–H and O–H groups in total. The van der Waals surface area contributed by atoms with Gasteiger partial charge in [-0.3, -0.25) is 19.8 Å². The number of nitrogens with one attached hydrogen (secondary N) is 2. The van der Waals surface area contributed by atoms with Crippen LogP contribution in [0.1, 0.15) is 41.4 Å². The Morgan fingerprint density at radius 1 is 1.19 bits per heavy atom. The fourth-order valence-electron chi connectivity index (χ4n) is 4.13. The van der Waals surface area contributed by atoms with E-state index in [-0.39, 0.29) is 12.5 Å². The minimum atomic E-state index is -1.09. The zero-order chi connectivity index (χ0) is 22.7. The van der Waals surface area contributed by atoms with Crippen molar-refractivity contribution in [3.8, 4) is 0 Å². The lowest BCUT2D eigenvalue weighted by molar-refractivity contribution is -0.141. The number of piperidine rings is 1. The zero-order valence-electron chi connectivity index (χ0n) is 17.9. The summed E-state index contributed by atoms with van der Waals surface area (Å²) in [6, 6.07) is 12.7. The number of benzene rings is 1. The minimum Gasteiger partial charge on any atom is -0.337 e. The van der Waals surface area contributed by atoms with Crippen LogP contribution in [0.3, 0.4) is 0 Å². The monoisotopic (exact) mass is 454 g/mol. The number of likely N-dealkylation sites (tertiary alicyclic amines) is 1. The van der Waals surface area contributed by atoms with Gasteiger partial charge in [-0.25, -0.2) is 4.79 Å². The van der Waals surface area contributed by atoms with Gasteiger partial charge in [0, 0.05) is 13.1 Å². The van der Waals surface area contributed by atoms with Gasteiger partial charge < -0.3 is 10.2 Å². The van der Waals surface area contributed by atoms with E-state index >= 15 is 0 Å². The molecular formula is C23H26N4O4S. The van der Waals surface area contributed by atoms with Crippen molar-refractivity contribution in [2.45, 2.75) is 38.1 Å². The second-order valence-corrected chi connectivity index (χ2v) is 9.38. The predicted octanol–water partition coefficient (Wildman–Crippen LogP) is 2.57. The maximum atomic E-state index is 13.0. The summed E-state index contributed by atoms with van der Waals surface area (Å²) >= 11 is 1.37. The molecular weight excluding hydrogens is 428 g/mol. The van der Waals surface area contributed by atoms with Crippen LogP contribution in [0.25, 0.3) is 0 Å². The Morgan fingerprint density at radius 2 is 1.97 bits per heavy atom. The largest absolute Gasteiger partial charge is 0.344 e. The summed E-state index contributed by atoms with van der Waals surface area (Å²) in [6.45, 7) is 2.52. The highest BCUT2D eigenvalue weighted by Crippen LogP contribution is 2.24. The van der Waals surface area contributed by atoms with Crippen molar-refractivity contribution in [1.29, 1.82) is 0 Å². The highest BCUT2D eigenvalue weighted by atomic mass is 32.1. The Kier molecular flexibility index (Phi) is 6.27. The Balaban J connectivity index is 1.36. The van der Waals surface area contributed by atoms with Gasteiger partial charge in [0.15, 0.2) is 0 Å². The lowest BCUT2D eigenvalue weighted by Crippen LogP contribution is -2.53. The summed E-state index contributed by atoms with van der Waals surface area (Å²) < 4.78 is 0. The van der Waals surface area contributed by atoms with E-state index in [9.17, 15) is 19.2 Å². The molecule has 8 nitrogen and oxygen atoms in total. The van der Waals surface area contributed by atoms with E-state index in [1.54, 1.807) is 17.9 Å². The molecule has 2 aromatic rings. The molecule has 2 saturated heterocycles. The first-order chi connectivity index (χ1) is 15.4. The van der Waals surface area contributed by atoms with Gasteiger partial charge in [-0.05, 0) is 49.6 Å². The molecule has 2 atom stereocenters. The number of thiophene rings is 1. The van der Waals surface area contributed by atoms with Crippen molar-refractivity contribution in [3.05, 3.63) is 58.3 Å². The van der Waals surface area contributed by atoms with Crippen LogP contribution in [0.5, 0.6) is 0 Å². The van der Waals surface area contributed by atoms with Gasteiger partial charge in [-0.1, -0.05) is 36.4 Å². The van der Waals surface area contributed by atoms with E-state index in [0.717, 1.165) is 10.6 Å². The first-order valence-corrected chi connectivity index (χ1v) is 11.6. The highest BCUT2D eigenvalue weighted by molar-refractivity contribution is 7.12. The quantitative estimate of drug-likeness (QED) is 0.656. The lowest BCUT2D eigenvalue weighted by Gasteiger charge is -2.32. The van der Waals surface area contributed by atoms with Crippen molar-refractivity contribution in [1.82, 2.24) is 20.7 Å². The second kappa shape index (κ2) is 9.12. The van der Waals surface area contributed by atoms with Crippen LogP contribution in [-0.4, -0.2) is 52.3 Å². The number of rotatable bonds is 6. The Hall–Kier alpha value is -3.20. The molecule has 1 aromatic carbocycles. The van der Waals surface area contributed by atoms with Gasteiger partial charge in [0.2, 0.25) is 5.91 Å². The maximum absolute atomic E-state index is 13.0. The molecule has 9 heteroatoms. The van der Waals surface area contributed by atoms with Crippen molar-refractivity contribution >= 4 is 35.1 Å². The molecule has 2 fully saturated rings. The van der Waals surface area contributed by atoms with E-state index in [4.69, 9.17) is 0 Å². The molecule has 0 saturated carbocycles. The third kappa shape index (κ3) is 4.52. The van der Waals surface area contributed by atoms with Crippen LogP contribution in [0, 0.1) is 5.92 Å². The summed E-state index contributed by atoms with van der Waals surface area (Å²) in [5.41, 5.74) is 2.47. The molecule has 2 aliphatic heterocycles. The first-order valence-electron chi connectivity index (χ1n) is 10.7. The van der Waals surface area contributed by atoms with Crippen molar-refractivity contribution in [2.24, 2.45) is 5.92 Å². The van der Waals surface area contributed by atoms with Gasteiger partial charge in [-0.2, -0.15) is 5.01 Å². The average Bonchev–Trinajstić information content (AvgIpc) is 3.42. The third-order valence-corrected chi connectivity index (χ3v) is 6.91. The number of hydrogen-bond donors (Lipinski definition) is 2. The number of amides is 5. The van der Waals surface area contributed by atoms with Gasteiger partial charge in [-0.15, -0.1) is 11.3 Å². The number of imide groups is 1. The Bertz CT molecular complexity index is 1010. The second-order valence-electron chi connectivity index (χ2n) is 8.43. The number of urea groups is 1. The zero-order valence-corrected chi connectivity index (χ0v) is 18.7. The number of hydrogen-bond acceptors (Lipinski definition) is 5. The van der Waals surface area contributed by atoms with E-state index in [2.05, 4.69) is 10.7 Å². The molecule has 5 amide bonds. The smallest absolute Gasteiger partial charge is 0.337 e. The summed E-state index contributed by atoms with van der Waals surface area (Å²) in [5, 5.41) is 5.34. The molecule has 3 heterocycles. The molecule has 0 spiro atoms. The lowest BCUT2D eigenvalue weighted by atomic mass is 9.93. The molecule has 4 rings (SSSR count). The Morgan fingerprint density at radius 3 is 2.69 bits per heavy atom. The molecule has 2 aliphatic rings. The molecule has 32 heavy (non-hydrogen) atoms.